The maximum atomic E-state index is 13.5. The zero-order chi connectivity index (χ0) is 14.0. The van der Waals surface area contributed by atoms with Crippen molar-refractivity contribution in [3.63, 3.8) is 0 Å². The van der Waals surface area contributed by atoms with Crippen LogP contribution in [-0.4, -0.2) is 17.0 Å². The smallest absolute Gasteiger partial charge is 0.348 e. The molecular formula is C12H7ClFNO3S. The highest BCUT2D eigenvalue weighted by Crippen LogP contribution is 2.25. The van der Waals surface area contributed by atoms with E-state index in [-0.39, 0.29) is 21.2 Å². The number of hydrogen-bond donors (Lipinski definition) is 2. The number of carbonyl (C=O) groups excluding carboxylic acids is 1. The Hall–Kier alpha value is -1.92. The molecule has 98 valence electrons. The van der Waals surface area contributed by atoms with E-state index in [1.807, 2.05) is 0 Å². The summed E-state index contributed by atoms with van der Waals surface area (Å²) in [5, 5.41) is 12.7. The number of hydrogen-bond acceptors (Lipinski definition) is 3. The van der Waals surface area contributed by atoms with E-state index in [1.165, 1.54) is 23.6 Å². The monoisotopic (exact) mass is 299 g/mol. The Balaban J connectivity index is 2.31. The minimum absolute atomic E-state index is 0.0270. The van der Waals surface area contributed by atoms with Crippen LogP contribution in [0.1, 0.15) is 20.0 Å². The number of anilines is 1. The van der Waals surface area contributed by atoms with Crippen LogP contribution in [0.15, 0.2) is 29.6 Å². The van der Waals surface area contributed by atoms with Crippen molar-refractivity contribution in [3.05, 3.63) is 50.9 Å². The van der Waals surface area contributed by atoms with Crippen LogP contribution in [0.4, 0.5) is 10.1 Å². The third-order valence-corrected chi connectivity index (χ3v) is 3.51. The lowest BCUT2D eigenvalue weighted by Crippen LogP contribution is -2.15. The number of carboxylic acid groups (broad SMARTS) is 1. The van der Waals surface area contributed by atoms with Crippen LogP contribution >= 0.6 is 22.9 Å². The van der Waals surface area contributed by atoms with E-state index in [9.17, 15) is 14.0 Å². The average Bonchev–Trinajstić information content (AvgIpc) is 2.76. The molecule has 2 rings (SSSR count). The molecule has 0 spiro atoms. The standard InChI is InChI=1S/C12H7ClFNO3S/c13-6-2-1-3-7(14)9(6)11(16)15-8-4-5-19-10(8)12(17)18/h1-5H,(H,15,16)(H,17,18). The van der Waals surface area contributed by atoms with Crippen LogP contribution in [0.5, 0.6) is 0 Å². The molecule has 19 heavy (non-hydrogen) atoms. The summed E-state index contributed by atoms with van der Waals surface area (Å²) in [6.07, 6.45) is 0. The van der Waals surface area contributed by atoms with Gasteiger partial charge in [-0.2, -0.15) is 0 Å². The Kier molecular flexibility index (Phi) is 3.82. The van der Waals surface area contributed by atoms with Gasteiger partial charge in [0, 0.05) is 0 Å². The van der Waals surface area contributed by atoms with E-state index < -0.39 is 17.7 Å². The highest BCUT2D eigenvalue weighted by molar-refractivity contribution is 7.12. The largest absolute Gasteiger partial charge is 0.477 e. The van der Waals surface area contributed by atoms with Crippen molar-refractivity contribution in [2.75, 3.05) is 5.32 Å². The van der Waals surface area contributed by atoms with Gasteiger partial charge in [0.1, 0.15) is 10.7 Å². The molecule has 0 aliphatic heterocycles. The van der Waals surface area contributed by atoms with E-state index >= 15 is 0 Å². The van der Waals surface area contributed by atoms with Crippen LogP contribution in [-0.2, 0) is 0 Å². The molecule has 0 fully saturated rings. The van der Waals surface area contributed by atoms with Crippen LogP contribution in [0.25, 0.3) is 0 Å². The summed E-state index contributed by atoms with van der Waals surface area (Å²) >= 11 is 6.71. The summed E-state index contributed by atoms with van der Waals surface area (Å²) in [4.78, 5) is 22.8. The van der Waals surface area contributed by atoms with Gasteiger partial charge in [-0.1, -0.05) is 17.7 Å². The van der Waals surface area contributed by atoms with Gasteiger partial charge in [-0.25, -0.2) is 9.18 Å². The Morgan fingerprint density at radius 3 is 2.68 bits per heavy atom. The second-order valence-electron chi connectivity index (χ2n) is 3.52. The maximum Gasteiger partial charge on any atom is 0.348 e. The number of thiophene rings is 1. The molecule has 0 radical (unpaired) electrons. The number of nitrogens with one attached hydrogen (secondary N) is 1. The Morgan fingerprint density at radius 2 is 2.05 bits per heavy atom. The highest BCUT2D eigenvalue weighted by Gasteiger charge is 2.19. The minimum Gasteiger partial charge on any atom is -0.477 e. The third-order valence-electron chi connectivity index (χ3n) is 2.30. The molecule has 0 aliphatic carbocycles. The highest BCUT2D eigenvalue weighted by atomic mass is 35.5. The normalized spacial score (nSPS) is 10.2. The second kappa shape index (κ2) is 5.38. The van der Waals surface area contributed by atoms with Crippen LogP contribution < -0.4 is 5.32 Å². The van der Waals surface area contributed by atoms with Crippen LogP contribution in [0.3, 0.4) is 0 Å². The zero-order valence-corrected chi connectivity index (χ0v) is 10.9. The average molecular weight is 300 g/mol. The van der Waals surface area contributed by atoms with E-state index in [2.05, 4.69) is 5.32 Å². The predicted octanol–water partition coefficient (Wildman–Crippen LogP) is 3.49. The number of halogens is 2. The topological polar surface area (TPSA) is 66.4 Å². The van der Waals surface area contributed by atoms with Gasteiger partial charge in [0.2, 0.25) is 0 Å². The van der Waals surface area contributed by atoms with Crippen molar-refractivity contribution >= 4 is 40.5 Å². The number of benzene rings is 1. The zero-order valence-electron chi connectivity index (χ0n) is 9.31. The predicted molar refractivity (Wildman–Crippen MR) is 70.6 cm³/mol. The molecule has 0 aliphatic rings. The SMILES string of the molecule is O=C(O)c1sccc1NC(=O)c1c(F)cccc1Cl. The molecule has 0 bridgehead atoms. The fourth-order valence-corrected chi connectivity index (χ4v) is 2.41. The molecule has 0 atom stereocenters. The molecule has 1 amide bonds. The van der Waals surface area contributed by atoms with E-state index in [1.54, 1.807) is 0 Å². The van der Waals surface area contributed by atoms with Crippen molar-refractivity contribution in [3.8, 4) is 0 Å². The van der Waals surface area contributed by atoms with Gasteiger partial charge in [0.25, 0.3) is 5.91 Å². The second-order valence-corrected chi connectivity index (χ2v) is 4.84. The number of rotatable bonds is 3. The van der Waals surface area contributed by atoms with Crippen molar-refractivity contribution in [2.45, 2.75) is 0 Å². The molecule has 0 unspecified atom stereocenters. The van der Waals surface area contributed by atoms with E-state index in [0.717, 1.165) is 17.4 Å². The number of amides is 1. The Labute approximate surface area is 116 Å². The first-order chi connectivity index (χ1) is 9.00. The summed E-state index contributed by atoms with van der Waals surface area (Å²) in [6, 6.07) is 5.29. The summed E-state index contributed by atoms with van der Waals surface area (Å²) in [6.45, 7) is 0. The molecular weight excluding hydrogens is 293 g/mol. The van der Waals surface area contributed by atoms with Gasteiger partial charge in [-0.3, -0.25) is 4.79 Å². The van der Waals surface area contributed by atoms with E-state index in [0.29, 0.717) is 0 Å². The number of carbonyl (C=O) groups is 2. The minimum atomic E-state index is -1.16. The first kappa shape index (κ1) is 13.5. The fourth-order valence-electron chi connectivity index (χ4n) is 1.47. The van der Waals surface area contributed by atoms with Crippen LogP contribution in [0.2, 0.25) is 5.02 Å². The maximum absolute atomic E-state index is 13.5. The van der Waals surface area contributed by atoms with Crippen molar-refractivity contribution < 1.29 is 19.1 Å². The van der Waals surface area contributed by atoms with Crippen molar-refractivity contribution in [1.82, 2.24) is 0 Å². The molecule has 0 saturated heterocycles. The molecule has 4 nitrogen and oxygen atoms in total. The summed E-state index contributed by atoms with van der Waals surface area (Å²) in [7, 11) is 0. The fraction of sp³-hybridized carbons (Fsp3) is 0. The molecule has 1 aromatic heterocycles. The quantitative estimate of drug-likeness (QED) is 0.911. The number of aromatic carboxylic acids is 1. The number of carboxylic acids is 1. The molecule has 7 heteroatoms. The van der Waals surface area contributed by atoms with Gasteiger partial charge >= 0.3 is 5.97 Å². The van der Waals surface area contributed by atoms with Gasteiger partial charge in [-0.05, 0) is 23.6 Å². The van der Waals surface area contributed by atoms with Gasteiger partial charge in [0.05, 0.1) is 16.3 Å². The molecule has 1 aromatic carbocycles. The molecule has 2 N–H and O–H groups in total. The Bertz CT molecular complexity index is 636. The molecule has 0 saturated carbocycles. The van der Waals surface area contributed by atoms with Crippen LogP contribution in [0, 0.1) is 5.82 Å². The Morgan fingerprint density at radius 1 is 1.32 bits per heavy atom. The van der Waals surface area contributed by atoms with Gasteiger partial charge in [-0.15, -0.1) is 11.3 Å². The van der Waals surface area contributed by atoms with Crippen molar-refractivity contribution in [2.24, 2.45) is 0 Å². The summed E-state index contributed by atoms with van der Waals surface area (Å²) in [5.74, 6) is -2.72. The third kappa shape index (κ3) is 2.74. The summed E-state index contributed by atoms with van der Waals surface area (Å²) < 4.78 is 13.5. The molecule has 1 heterocycles. The van der Waals surface area contributed by atoms with E-state index in [4.69, 9.17) is 16.7 Å². The molecule has 2 aromatic rings. The lowest BCUT2D eigenvalue weighted by molar-refractivity contribution is 0.0703. The van der Waals surface area contributed by atoms with Crippen molar-refractivity contribution in [1.29, 1.82) is 0 Å². The first-order valence-corrected chi connectivity index (χ1v) is 6.32. The summed E-state index contributed by atoms with van der Waals surface area (Å²) in [5.41, 5.74) is -0.200. The lowest BCUT2D eigenvalue weighted by atomic mass is 10.2. The lowest BCUT2D eigenvalue weighted by Gasteiger charge is -2.07. The van der Waals surface area contributed by atoms with Gasteiger partial charge in [0.15, 0.2) is 0 Å². The first-order valence-electron chi connectivity index (χ1n) is 5.07. The van der Waals surface area contributed by atoms with Gasteiger partial charge < -0.3 is 10.4 Å².